The maximum absolute atomic E-state index is 13.2. The molecular weight excluding hydrogens is 420 g/mol. The number of hydrogen-bond donors (Lipinski definition) is 0. The third kappa shape index (κ3) is 3.09. The highest BCUT2D eigenvalue weighted by atomic mass is 79.9. The average Bonchev–Trinajstić information content (AvgIpc) is 3.10. The van der Waals surface area contributed by atoms with Gasteiger partial charge in [-0.1, -0.05) is 12.1 Å². The van der Waals surface area contributed by atoms with Crippen LogP contribution in [0.2, 0.25) is 0 Å². The molecule has 4 rings (SSSR count). The first-order valence-corrected chi connectivity index (χ1v) is 9.95. The molecular formula is C21H21BrN4O2. The van der Waals surface area contributed by atoms with E-state index in [9.17, 15) is 9.59 Å². The summed E-state index contributed by atoms with van der Waals surface area (Å²) in [4.78, 5) is 29.1. The van der Waals surface area contributed by atoms with Crippen LogP contribution in [0.15, 0.2) is 47.1 Å². The summed E-state index contributed by atoms with van der Waals surface area (Å²) < 4.78 is 2.61. The Morgan fingerprint density at radius 3 is 2.75 bits per heavy atom. The predicted molar refractivity (Wildman–Crippen MR) is 111 cm³/mol. The van der Waals surface area contributed by atoms with Crippen molar-refractivity contribution in [3.63, 3.8) is 0 Å². The van der Waals surface area contributed by atoms with Crippen molar-refractivity contribution in [3.8, 4) is 0 Å². The van der Waals surface area contributed by atoms with E-state index in [0.717, 1.165) is 26.7 Å². The Kier molecular flexibility index (Phi) is 4.71. The van der Waals surface area contributed by atoms with Crippen molar-refractivity contribution < 1.29 is 9.59 Å². The van der Waals surface area contributed by atoms with E-state index in [1.165, 1.54) is 0 Å². The number of amides is 2. The fourth-order valence-corrected chi connectivity index (χ4v) is 4.13. The number of rotatable bonds is 2. The van der Waals surface area contributed by atoms with Gasteiger partial charge < -0.3 is 9.80 Å². The van der Waals surface area contributed by atoms with E-state index >= 15 is 0 Å². The van der Waals surface area contributed by atoms with E-state index in [0.29, 0.717) is 18.7 Å². The molecule has 2 amide bonds. The predicted octanol–water partition coefficient (Wildman–Crippen LogP) is 3.56. The zero-order chi connectivity index (χ0) is 20.0. The third-order valence-corrected chi connectivity index (χ3v) is 5.74. The van der Waals surface area contributed by atoms with Crippen molar-refractivity contribution in [3.05, 3.63) is 69.5 Å². The standard InChI is InChI=1S/C21H21BrN4O2/c1-13-16-5-4-6-18(20(27)24(2)3)17(16)9-10-25(13)21(28)19-11-15-8-7-14(22)12-26(15)23-19/h4-8,11-13H,9-10H2,1-3H3. The topological polar surface area (TPSA) is 57.9 Å². The van der Waals surface area contributed by atoms with Gasteiger partial charge in [0.1, 0.15) is 0 Å². The number of pyridine rings is 1. The van der Waals surface area contributed by atoms with Crippen LogP contribution in [0, 0.1) is 0 Å². The monoisotopic (exact) mass is 440 g/mol. The molecule has 1 aliphatic heterocycles. The molecule has 2 aromatic heterocycles. The minimum absolute atomic E-state index is 0.00486. The molecule has 0 saturated carbocycles. The van der Waals surface area contributed by atoms with Crippen molar-refractivity contribution in [1.82, 2.24) is 19.4 Å². The van der Waals surface area contributed by atoms with Crippen LogP contribution in [0.1, 0.15) is 44.9 Å². The van der Waals surface area contributed by atoms with Crippen LogP contribution < -0.4 is 0 Å². The normalized spacial score (nSPS) is 16.1. The Labute approximate surface area is 171 Å². The van der Waals surface area contributed by atoms with Crippen LogP contribution in [0.25, 0.3) is 5.52 Å². The van der Waals surface area contributed by atoms with Crippen LogP contribution >= 0.6 is 15.9 Å². The summed E-state index contributed by atoms with van der Waals surface area (Å²) in [5, 5.41) is 4.44. The molecule has 3 heterocycles. The zero-order valence-corrected chi connectivity index (χ0v) is 17.6. The van der Waals surface area contributed by atoms with Gasteiger partial charge in [0.2, 0.25) is 0 Å². The first kappa shape index (κ1) is 18.7. The van der Waals surface area contributed by atoms with Crippen LogP contribution in [0.3, 0.4) is 0 Å². The molecule has 1 aromatic carbocycles. The summed E-state index contributed by atoms with van der Waals surface area (Å²) >= 11 is 3.42. The van der Waals surface area contributed by atoms with Gasteiger partial charge in [-0.2, -0.15) is 5.10 Å². The fourth-order valence-electron chi connectivity index (χ4n) is 3.80. The molecule has 144 valence electrons. The van der Waals surface area contributed by atoms with E-state index < -0.39 is 0 Å². The molecule has 0 bridgehead atoms. The number of carbonyl (C=O) groups excluding carboxylic acids is 2. The minimum Gasteiger partial charge on any atom is -0.345 e. The molecule has 6 nitrogen and oxygen atoms in total. The second kappa shape index (κ2) is 7.05. The molecule has 0 saturated heterocycles. The first-order chi connectivity index (χ1) is 13.4. The number of halogens is 1. The highest BCUT2D eigenvalue weighted by Gasteiger charge is 2.31. The summed E-state index contributed by atoms with van der Waals surface area (Å²) in [7, 11) is 3.51. The molecule has 28 heavy (non-hydrogen) atoms. The lowest BCUT2D eigenvalue weighted by molar-refractivity contribution is 0.0670. The summed E-state index contributed by atoms with van der Waals surface area (Å²) in [5.74, 6) is -0.0999. The largest absolute Gasteiger partial charge is 0.345 e. The number of carbonyl (C=O) groups is 2. The maximum Gasteiger partial charge on any atom is 0.274 e. The highest BCUT2D eigenvalue weighted by molar-refractivity contribution is 9.10. The molecule has 0 fully saturated rings. The Balaban J connectivity index is 1.67. The Bertz CT molecular complexity index is 1090. The van der Waals surface area contributed by atoms with Gasteiger partial charge in [0.05, 0.1) is 11.6 Å². The van der Waals surface area contributed by atoms with Crippen LogP contribution in [0.4, 0.5) is 0 Å². The molecule has 1 aliphatic rings. The van der Waals surface area contributed by atoms with Gasteiger partial charge in [-0.15, -0.1) is 0 Å². The minimum atomic E-state index is -0.122. The van der Waals surface area contributed by atoms with Gasteiger partial charge in [-0.25, -0.2) is 4.52 Å². The molecule has 7 heteroatoms. The number of nitrogens with zero attached hydrogens (tertiary/aromatic N) is 4. The molecule has 0 N–H and O–H groups in total. The van der Waals surface area contributed by atoms with Crippen molar-refractivity contribution in [2.45, 2.75) is 19.4 Å². The zero-order valence-electron chi connectivity index (χ0n) is 16.0. The Morgan fingerprint density at radius 1 is 1.21 bits per heavy atom. The lowest BCUT2D eigenvalue weighted by Gasteiger charge is -2.35. The van der Waals surface area contributed by atoms with E-state index in [-0.39, 0.29) is 17.9 Å². The van der Waals surface area contributed by atoms with Gasteiger partial charge in [0, 0.05) is 36.9 Å². The SMILES string of the molecule is CC1c2cccc(C(=O)N(C)C)c2CCN1C(=O)c1cc2ccc(Br)cn2n1. The summed E-state index contributed by atoms with van der Waals surface area (Å²) in [6.45, 7) is 2.56. The lowest BCUT2D eigenvalue weighted by atomic mass is 9.89. The van der Waals surface area contributed by atoms with E-state index in [1.807, 2.05) is 54.4 Å². The van der Waals surface area contributed by atoms with Gasteiger partial charge in [0.25, 0.3) is 11.8 Å². The van der Waals surface area contributed by atoms with Crippen molar-refractivity contribution in [1.29, 1.82) is 0 Å². The number of aromatic nitrogens is 2. The quantitative estimate of drug-likeness (QED) is 0.611. The van der Waals surface area contributed by atoms with Crippen molar-refractivity contribution in [2.75, 3.05) is 20.6 Å². The Morgan fingerprint density at radius 2 is 2.00 bits per heavy atom. The number of fused-ring (bicyclic) bond motifs is 2. The van der Waals surface area contributed by atoms with Gasteiger partial charge in [0.15, 0.2) is 5.69 Å². The van der Waals surface area contributed by atoms with Crippen molar-refractivity contribution >= 4 is 33.3 Å². The van der Waals surface area contributed by atoms with Gasteiger partial charge in [-0.05, 0) is 64.7 Å². The third-order valence-electron chi connectivity index (χ3n) is 5.27. The summed E-state index contributed by atoms with van der Waals surface area (Å²) in [5.41, 5.74) is 4.08. The summed E-state index contributed by atoms with van der Waals surface area (Å²) in [6, 6.07) is 11.3. The summed E-state index contributed by atoms with van der Waals surface area (Å²) in [6.07, 6.45) is 2.49. The smallest absolute Gasteiger partial charge is 0.274 e. The molecule has 1 unspecified atom stereocenters. The highest BCUT2D eigenvalue weighted by Crippen LogP contribution is 2.32. The van der Waals surface area contributed by atoms with E-state index in [1.54, 1.807) is 23.5 Å². The van der Waals surface area contributed by atoms with Gasteiger partial charge in [-0.3, -0.25) is 9.59 Å². The second-order valence-corrected chi connectivity index (χ2v) is 8.16. The molecule has 0 aliphatic carbocycles. The Hall–Kier alpha value is -2.67. The van der Waals surface area contributed by atoms with Crippen LogP contribution in [0.5, 0.6) is 0 Å². The molecule has 1 atom stereocenters. The van der Waals surface area contributed by atoms with E-state index in [4.69, 9.17) is 0 Å². The second-order valence-electron chi connectivity index (χ2n) is 7.24. The fraction of sp³-hybridized carbons (Fsp3) is 0.286. The van der Waals surface area contributed by atoms with Crippen molar-refractivity contribution in [2.24, 2.45) is 0 Å². The van der Waals surface area contributed by atoms with Crippen LogP contribution in [-0.4, -0.2) is 51.9 Å². The number of benzene rings is 1. The van der Waals surface area contributed by atoms with Gasteiger partial charge >= 0.3 is 0 Å². The molecule has 0 spiro atoms. The molecule has 0 radical (unpaired) electrons. The maximum atomic E-state index is 13.2. The first-order valence-electron chi connectivity index (χ1n) is 9.16. The number of hydrogen-bond acceptors (Lipinski definition) is 3. The van der Waals surface area contributed by atoms with E-state index in [2.05, 4.69) is 21.0 Å². The van der Waals surface area contributed by atoms with Crippen LogP contribution in [-0.2, 0) is 6.42 Å². The molecule has 3 aromatic rings. The lowest BCUT2D eigenvalue weighted by Crippen LogP contribution is -2.40. The average molecular weight is 441 g/mol.